The highest BCUT2D eigenvalue weighted by atomic mass is 35.5. The highest BCUT2D eigenvalue weighted by Gasteiger charge is 2.13. The minimum Gasteiger partial charge on any atom is -0.422 e. The summed E-state index contributed by atoms with van der Waals surface area (Å²) in [6.07, 6.45) is 1.32. The molecule has 2 aromatic rings. The van der Waals surface area contributed by atoms with Crippen molar-refractivity contribution in [2.45, 2.75) is 13.8 Å². The Morgan fingerprint density at radius 3 is 2.29 bits per heavy atom. The van der Waals surface area contributed by atoms with Gasteiger partial charge in [0, 0.05) is 5.02 Å². The largest absolute Gasteiger partial charge is 0.422 e. The number of halogens is 1. The summed E-state index contributed by atoms with van der Waals surface area (Å²) in [5.41, 5.74) is 2.73. The van der Waals surface area contributed by atoms with Crippen LogP contribution in [0.3, 0.4) is 0 Å². The lowest BCUT2D eigenvalue weighted by atomic mass is 10.1. The second kappa shape index (κ2) is 6.41. The molecule has 0 aliphatic carbocycles. The van der Waals surface area contributed by atoms with Gasteiger partial charge in [0.1, 0.15) is 5.75 Å². The number of ether oxygens (including phenoxy) is 1. The van der Waals surface area contributed by atoms with E-state index >= 15 is 0 Å². The van der Waals surface area contributed by atoms with Crippen molar-refractivity contribution < 1.29 is 14.7 Å². The minimum absolute atomic E-state index is 0.430. The molecule has 0 heterocycles. The van der Waals surface area contributed by atoms with Crippen molar-refractivity contribution in [2.75, 3.05) is 0 Å². The number of carbonyl (C=O) groups is 1. The van der Waals surface area contributed by atoms with Gasteiger partial charge in [-0.3, -0.25) is 0 Å². The maximum Gasteiger partial charge on any atom is 0.343 e. The Labute approximate surface area is 127 Å². The number of hydrogen-bond acceptors (Lipinski definition) is 4. The van der Waals surface area contributed by atoms with Crippen molar-refractivity contribution in [3.8, 4) is 5.75 Å². The number of aryl methyl sites for hydroxylation is 2. The monoisotopic (exact) mass is 303 g/mol. The summed E-state index contributed by atoms with van der Waals surface area (Å²) in [5.74, 6) is 0.0616. The van der Waals surface area contributed by atoms with Crippen LogP contribution in [0.15, 0.2) is 41.6 Å². The molecule has 4 nitrogen and oxygen atoms in total. The number of nitrogens with zero attached hydrogens (tertiary/aromatic N) is 1. The highest BCUT2D eigenvalue weighted by Crippen LogP contribution is 2.25. The fourth-order valence-corrected chi connectivity index (χ4v) is 2.15. The Kier molecular flexibility index (Phi) is 4.60. The Balaban J connectivity index is 2.27. The molecule has 0 radical (unpaired) electrons. The van der Waals surface area contributed by atoms with Crippen molar-refractivity contribution in [1.29, 1.82) is 0 Å². The third-order valence-corrected chi connectivity index (χ3v) is 3.22. The molecule has 0 bridgehead atoms. The van der Waals surface area contributed by atoms with Crippen LogP contribution in [0.2, 0.25) is 5.02 Å². The number of oxime groups is 1. The van der Waals surface area contributed by atoms with Gasteiger partial charge in [-0.25, -0.2) is 4.79 Å². The number of hydrogen-bond donors (Lipinski definition) is 1. The predicted molar refractivity (Wildman–Crippen MR) is 81.7 cm³/mol. The molecule has 5 heteroatoms. The van der Waals surface area contributed by atoms with Crippen LogP contribution in [0.1, 0.15) is 27.0 Å². The zero-order chi connectivity index (χ0) is 15.4. The molecule has 21 heavy (non-hydrogen) atoms. The molecular formula is C16H14ClNO3. The molecule has 108 valence electrons. The molecule has 1 N–H and O–H groups in total. The normalized spacial score (nSPS) is 10.8. The second-order valence-corrected chi connectivity index (χ2v) is 5.06. The molecule has 0 saturated heterocycles. The Hall–Kier alpha value is -2.33. The maximum atomic E-state index is 12.1. The molecule has 0 unspecified atom stereocenters. The van der Waals surface area contributed by atoms with E-state index in [0.717, 1.165) is 16.7 Å². The predicted octanol–water partition coefficient (Wildman–Crippen LogP) is 3.98. The van der Waals surface area contributed by atoms with E-state index in [0.29, 0.717) is 16.3 Å². The van der Waals surface area contributed by atoms with Gasteiger partial charge >= 0.3 is 5.97 Å². The number of esters is 1. The highest BCUT2D eigenvalue weighted by molar-refractivity contribution is 6.30. The van der Waals surface area contributed by atoms with E-state index in [4.69, 9.17) is 21.5 Å². The summed E-state index contributed by atoms with van der Waals surface area (Å²) in [6, 6.07) is 10.1. The molecule has 0 spiro atoms. The molecule has 2 aromatic carbocycles. The first-order valence-electron chi connectivity index (χ1n) is 6.27. The van der Waals surface area contributed by atoms with Gasteiger partial charge in [-0.1, -0.05) is 16.8 Å². The standard InChI is InChI=1S/C16H14ClNO3/c1-10-7-12(9-18-20)8-11(2)15(10)21-16(19)13-3-5-14(17)6-4-13/h3-9,20H,1-2H3/b18-9+. The molecule has 0 aliphatic heterocycles. The molecular weight excluding hydrogens is 290 g/mol. The first-order valence-corrected chi connectivity index (χ1v) is 6.65. The maximum absolute atomic E-state index is 12.1. The fourth-order valence-electron chi connectivity index (χ4n) is 2.02. The lowest BCUT2D eigenvalue weighted by Crippen LogP contribution is -2.10. The van der Waals surface area contributed by atoms with Gasteiger partial charge < -0.3 is 9.94 Å². The SMILES string of the molecule is Cc1cc(/C=N/O)cc(C)c1OC(=O)c1ccc(Cl)cc1. The van der Waals surface area contributed by atoms with Gasteiger partial charge in [-0.2, -0.15) is 0 Å². The molecule has 0 saturated carbocycles. The van der Waals surface area contributed by atoms with E-state index in [9.17, 15) is 4.79 Å². The van der Waals surface area contributed by atoms with Crippen LogP contribution in [-0.2, 0) is 0 Å². The lowest BCUT2D eigenvalue weighted by molar-refractivity contribution is 0.0732. The quantitative estimate of drug-likeness (QED) is 0.307. The Morgan fingerprint density at radius 2 is 1.76 bits per heavy atom. The van der Waals surface area contributed by atoms with Crippen LogP contribution in [0.4, 0.5) is 0 Å². The van der Waals surface area contributed by atoms with Crippen LogP contribution in [0, 0.1) is 13.8 Å². The first-order chi connectivity index (χ1) is 10.0. The number of rotatable bonds is 3. The van der Waals surface area contributed by atoms with E-state index < -0.39 is 5.97 Å². The molecule has 0 amide bonds. The summed E-state index contributed by atoms with van der Waals surface area (Å²) < 4.78 is 5.45. The number of carbonyl (C=O) groups excluding carboxylic acids is 1. The third-order valence-electron chi connectivity index (χ3n) is 2.96. The zero-order valence-electron chi connectivity index (χ0n) is 11.6. The van der Waals surface area contributed by atoms with Crippen LogP contribution >= 0.6 is 11.6 Å². The minimum atomic E-state index is -0.443. The summed E-state index contributed by atoms with van der Waals surface area (Å²) in [4.78, 5) is 12.1. The molecule has 0 fully saturated rings. The second-order valence-electron chi connectivity index (χ2n) is 4.62. The zero-order valence-corrected chi connectivity index (χ0v) is 12.4. The Bertz CT molecular complexity index is 670. The van der Waals surface area contributed by atoms with Crippen molar-refractivity contribution in [1.82, 2.24) is 0 Å². The first kappa shape index (κ1) is 15.1. The van der Waals surface area contributed by atoms with Gasteiger partial charge in [-0.05, 0) is 66.9 Å². The summed E-state index contributed by atoms with van der Waals surface area (Å²) in [7, 11) is 0. The molecule has 0 aliphatic rings. The Morgan fingerprint density at radius 1 is 1.19 bits per heavy atom. The summed E-state index contributed by atoms with van der Waals surface area (Å²) in [6.45, 7) is 3.65. The average Bonchev–Trinajstić information content (AvgIpc) is 2.44. The third kappa shape index (κ3) is 3.61. The molecule has 2 rings (SSSR count). The van der Waals surface area contributed by atoms with Gasteiger partial charge in [0.05, 0.1) is 11.8 Å². The van der Waals surface area contributed by atoms with E-state index in [2.05, 4.69) is 5.16 Å². The average molecular weight is 304 g/mol. The smallest absolute Gasteiger partial charge is 0.343 e. The van der Waals surface area contributed by atoms with Gasteiger partial charge in [0.15, 0.2) is 0 Å². The molecule has 0 aromatic heterocycles. The van der Waals surface area contributed by atoms with Crippen molar-refractivity contribution in [3.05, 3.63) is 63.7 Å². The summed E-state index contributed by atoms with van der Waals surface area (Å²) in [5, 5.41) is 12.1. The van der Waals surface area contributed by atoms with Crippen LogP contribution in [-0.4, -0.2) is 17.4 Å². The van der Waals surface area contributed by atoms with E-state index in [1.165, 1.54) is 6.21 Å². The topological polar surface area (TPSA) is 58.9 Å². The molecule has 0 atom stereocenters. The fraction of sp³-hybridized carbons (Fsp3) is 0.125. The van der Waals surface area contributed by atoms with Crippen molar-refractivity contribution in [3.63, 3.8) is 0 Å². The van der Waals surface area contributed by atoms with Crippen LogP contribution in [0.25, 0.3) is 0 Å². The van der Waals surface area contributed by atoms with E-state index in [-0.39, 0.29) is 0 Å². The van der Waals surface area contributed by atoms with Gasteiger partial charge in [0.2, 0.25) is 0 Å². The van der Waals surface area contributed by atoms with Gasteiger partial charge in [-0.15, -0.1) is 0 Å². The van der Waals surface area contributed by atoms with Crippen molar-refractivity contribution >= 4 is 23.8 Å². The lowest BCUT2D eigenvalue weighted by Gasteiger charge is -2.11. The summed E-state index contributed by atoms with van der Waals surface area (Å²) >= 11 is 5.79. The van der Waals surface area contributed by atoms with Crippen LogP contribution in [0.5, 0.6) is 5.75 Å². The van der Waals surface area contributed by atoms with E-state index in [1.54, 1.807) is 36.4 Å². The number of benzene rings is 2. The van der Waals surface area contributed by atoms with Crippen molar-refractivity contribution in [2.24, 2.45) is 5.16 Å². The van der Waals surface area contributed by atoms with Crippen LogP contribution < -0.4 is 4.74 Å². The van der Waals surface area contributed by atoms with Gasteiger partial charge in [0.25, 0.3) is 0 Å². The van der Waals surface area contributed by atoms with E-state index in [1.807, 2.05) is 13.8 Å².